The van der Waals surface area contributed by atoms with Gasteiger partial charge in [-0.15, -0.1) is 0 Å². The summed E-state index contributed by atoms with van der Waals surface area (Å²) >= 11 is 5.71. The molecule has 0 spiro atoms. The second-order valence-corrected chi connectivity index (χ2v) is 4.49. The van der Waals surface area contributed by atoms with Crippen LogP contribution in [0.4, 0.5) is 0 Å². The predicted molar refractivity (Wildman–Crippen MR) is 69.2 cm³/mol. The Hall–Kier alpha value is -2.14. The van der Waals surface area contributed by atoms with Crippen molar-refractivity contribution in [3.05, 3.63) is 53.1 Å². The van der Waals surface area contributed by atoms with Gasteiger partial charge >= 0.3 is 0 Å². The average Bonchev–Trinajstić information content (AvgIpc) is 2.82. The summed E-state index contributed by atoms with van der Waals surface area (Å²) in [4.78, 5) is 19.8. The zero-order chi connectivity index (χ0) is 13.2. The van der Waals surface area contributed by atoms with Crippen LogP contribution in [0.25, 0.3) is 0 Å². The van der Waals surface area contributed by atoms with E-state index in [2.05, 4.69) is 15.3 Å². The molecule has 19 heavy (non-hydrogen) atoms. The van der Waals surface area contributed by atoms with E-state index in [0.29, 0.717) is 6.61 Å². The van der Waals surface area contributed by atoms with Crippen LogP contribution in [0.15, 0.2) is 36.7 Å². The van der Waals surface area contributed by atoms with E-state index in [0.717, 1.165) is 11.3 Å². The van der Waals surface area contributed by atoms with Crippen LogP contribution in [0.5, 0.6) is 5.75 Å². The van der Waals surface area contributed by atoms with E-state index in [1.165, 1.54) is 12.4 Å². The molecule has 1 amide bonds. The second kappa shape index (κ2) is 4.85. The van der Waals surface area contributed by atoms with Gasteiger partial charge in [0.15, 0.2) is 0 Å². The minimum Gasteiger partial charge on any atom is -0.491 e. The second-order valence-electron chi connectivity index (χ2n) is 4.10. The van der Waals surface area contributed by atoms with Crippen LogP contribution in [0.2, 0.25) is 5.15 Å². The molecule has 1 atom stereocenters. The van der Waals surface area contributed by atoms with E-state index < -0.39 is 0 Å². The van der Waals surface area contributed by atoms with Gasteiger partial charge in [-0.25, -0.2) is 4.98 Å². The van der Waals surface area contributed by atoms with Gasteiger partial charge < -0.3 is 10.1 Å². The number of hydrogen-bond acceptors (Lipinski definition) is 4. The van der Waals surface area contributed by atoms with Crippen molar-refractivity contribution in [2.75, 3.05) is 6.61 Å². The van der Waals surface area contributed by atoms with Crippen molar-refractivity contribution in [2.45, 2.75) is 6.04 Å². The molecule has 1 aromatic heterocycles. The summed E-state index contributed by atoms with van der Waals surface area (Å²) in [6.45, 7) is 0.416. The number of amides is 1. The van der Waals surface area contributed by atoms with Crippen molar-refractivity contribution < 1.29 is 9.53 Å². The Bertz CT molecular complexity index is 633. The van der Waals surface area contributed by atoms with Gasteiger partial charge in [0.25, 0.3) is 5.91 Å². The fraction of sp³-hybridized carbons (Fsp3) is 0.154. The van der Waals surface area contributed by atoms with Crippen LogP contribution in [0, 0.1) is 0 Å². The van der Waals surface area contributed by atoms with E-state index in [-0.39, 0.29) is 22.8 Å². The van der Waals surface area contributed by atoms with Crippen LogP contribution in [0.3, 0.4) is 0 Å². The summed E-state index contributed by atoms with van der Waals surface area (Å²) in [5.41, 5.74) is 1.16. The number of nitrogens with zero attached hydrogens (tertiary/aromatic N) is 2. The van der Waals surface area contributed by atoms with E-state index in [4.69, 9.17) is 16.3 Å². The maximum absolute atomic E-state index is 12.0. The van der Waals surface area contributed by atoms with Gasteiger partial charge in [-0.2, -0.15) is 0 Å². The maximum atomic E-state index is 12.0. The number of para-hydroxylation sites is 1. The number of halogens is 1. The number of rotatable bonds is 2. The van der Waals surface area contributed by atoms with Crippen LogP contribution in [-0.4, -0.2) is 22.5 Å². The molecule has 96 valence electrons. The number of benzene rings is 1. The number of ether oxygens (including phenoxy) is 1. The maximum Gasteiger partial charge on any atom is 0.272 e. The van der Waals surface area contributed by atoms with Gasteiger partial charge in [0.2, 0.25) is 0 Å². The smallest absolute Gasteiger partial charge is 0.272 e. The highest BCUT2D eigenvalue weighted by Gasteiger charge is 2.25. The molecular weight excluding hydrogens is 266 g/mol. The third kappa shape index (κ3) is 2.37. The first-order chi connectivity index (χ1) is 9.24. The van der Waals surface area contributed by atoms with Crippen molar-refractivity contribution >= 4 is 17.5 Å². The lowest BCUT2D eigenvalue weighted by atomic mass is 10.1. The highest BCUT2D eigenvalue weighted by molar-refractivity contribution is 6.29. The average molecular weight is 276 g/mol. The first-order valence-electron chi connectivity index (χ1n) is 5.74. The quantitative estimate of drug-likeness (QED) is 0.910. The molecule has 0 bridgehead atoms. The number of carbonyl (C=O) groups is 1. The van der Waals surface area contributed by atoms with Crippen molar-refractivity contribution in [3.63, 3.8) is 0 Å². The fourth-order valence-corrected chi connectivity index (χ4v) is 2.11. The van der Waals surface area contributed by atoms with Crippen molar-refractivity contribution in [1.82, 2.24) is 15.3 Å². The molecule has 3 rings (SSSR count). The summed E-state index contributed by atoms with van der Waals surface area (Å²) < 4.78 is 5.49. The molecule has 6 heteroatoms. The molecule has 0 fully saturated rings. The molecule has 1 N–H and O–H groups in total. The Morgan fingerprint density at radius 3 is 3.05 bits per heavy atom. The molecule has 5 nitrogen and oxygen atoms in total. The number of aromatic nitrogens is 2. The number of nitrogens with one attached hydrogen (secondary N) is 1. The lowest BCUT2D eigenvalue weighted by molar-refractivity contribution is 0.0925. The van der Waals surface area contributed by atoms with E-state index in [1.807, 2.05) is 24.3 Å². The van der Waals surface area contributed by atoms with Crippen molar-refractivity contribution in [2.24, 2.45) is 0 Å². The Labute approximate surface area is 114 Å². The third-order valence-corrected chi connectivity index (χ3v) is 3.03. The number of carbonyl (C=O) groups excluding carboxylic acids is 1. The first-order valence-corrected chi connectivity index (χ1v) is 6.12. The monoisotopic (exact) mass is 275 g/mol. The van der Waals surface area contributed by atoms with Gasteiger partial charge in [-0.3, -0.25) is 9.78 Å². The molecule has 1 unspecified atom stereocenters. The molecule has 0 saturated heterocycles. The molecule has 2 heterocycles. The topological polar surface area (TPSA) is 64.1 Å². The molecule has 0 aliphatic carbocycles. The zero-order valence-corrected chi connectivity index (χ0v) is 10.6. The van der Waals surface area contributed by atoms with E-state index in [9.17, 15) is 4.79 Å². The lowest BCUT2D eigenvalue weighted by Crippen LogP contribution is -2.30. The van der Waals surface area contributed by atoms with Crippen molar-refractivity contribution in [1.29, 1.82) is 0 Å². The van der Waals surface area contributed by atoms with Crippen LogP contribution < -0.4 is 10.1 Å². The van der Waals surface area contributed by atoms with E-state index in [1.54, 1.807) is 0 Å². The van der Waals surface area contributed by atoms with Gasteiger partial charge in [0.1, 0.15) is 23.2 Å². The summed E-state index contributed by atoms with van der Waals surface area (Å²) in [5.74, 6) is 0.477. The first kappa shape index (κ1) is 11.9. The summed E-state index contributed by atoms with van der Waals surface area (Å²) in [7, 11) is 0. The fourth-order valence-electron chi connectivity index (χ4n) is 1.97. The largest absolute Gasteiger partial charge is 0.491 e. The molecule has 0 saturated carbocycles. The SMILES string of the molecule is O=C(NC1COc2ccccc21)c1cncc(Cl)n1. The zero-order valence-electron chi connectivity index (χ0n) is 9.84. The number of fused-ring (bicyclic) bond motifs is 1. The third-order valence-electron chi connectivity index (χ3n) is 2.84. The van der Waals surface area contributed by atoms with Crippen LogP contribution >= 0.6 is 11.6 Å². The molecule has 1 aliphatic rings. The Balaban J connectivity index is 1.78. The molecular formula is C13H10ClN3O2. The highest BCUT2D eigenvalue weighted by atomic mass is 35.5. The minimum absolute atomic E-state index is 0.176. The predicted octanol–water partition coefficient (Wildman–Crippen LogP) is 1.99. The van der Waals surface area contributed by atoms with E-state index >= 15 is 0 Å². The molecule has 1 aromatic carbocycles. The van der Waals surface area contributed by atoms with Gasteiger partial charge in [0.05, 0.1) is 18.4 Å². The summed E-state index contributed by atoms with van der Waals surface area (Å²) in [6, 6.07) is 7.43. The molecule has 2 aromatic rings. The Morgan fingerprint density at radius 2 is 2.21 bits per heavy atom. The standard InChI is InChI=1S/C13H10ClN3O2/c14-12-6-15-5-9(16-12)13(18)17-10-7-19-11-4-2-1-3-8(10)11/h1-6,10H,7H2,(H,17,18). The summed E-state index contributed by atoms with van der Waals surface area (Å²) in [5, 5.41) is 3.04. The van der Waals surface area contributed by atoms with Gasteiger partial charge in [0, 0.05) is 5.56 Å². The normalized spacial score (nSPS) is 16.6. The van der Waals surface area contributed by atoms with Gasteiger partial charge in [-0.1, -0.05) is 29.8 Å². The van der Waals surface area contributed by atoms with Crippen LogP contribution in [-0.2, 0) is 0 Å². The number of hydrogen-bond donors (Lipinski definition) is 1. The van der Waals surface area contributed by atoms with Crippen LogP contribution in [0.1, 0.15) is 22.1 Å². The highest BCUT2D eigenvalue weighted by Crippen LogP contribution is 2.31. The lowest BCUT2D eigenvalue weighted by Gasteiger charge is -2.11. The minimum atomic E-state index is -0.319. The molecule has 0 radical (unpaired) electrons. The van der Waals surface area contributed by atoms with Gasteiger partial charge in [-0.05, 0) is 6.07 Å². The molecule has 1 aliphatic heterocycles. The van der Waals surface area contributed by atoms with Crippen molar-refractivity contribution in [3.8, 4) is 5.75 Å². The Morgan fingerprint density at radius 1 is 1.37 bits per heavy atom. The Kier molecular flexibility index (Phi) is 3.05. The summed E-state index contributed by atoms with van der Waals surface area (Å²) in [6.07, 6.45) is 2.76.